The van der Waals surface area contributed by atoms with E-state index in [0.29, 0.717) is 30.8 Å². The monoisotopic (exact) mass is 308 g/mol. The average Bonchev–Trinajstić information content (AvgIpc) is 3.21. The van der Waals surface area contributed by atoms with Crippen molar-refractivity contribution in [3.8, 4) is 10.7 Å². The van der Waals surface area contributed by atoms with Crippen molar-refractivity contribution in [2.45, 2.75) is 25.4 Å². The molecule has 6 nitrogen and oxygen atoms in total. The molecule has 0 radical (unpaired) electrons. The Balaban J connectivity index is 1.62. The summed E-state index contributed by atoms with van der Waals surface area (Å²) in [4.78, 5) is 7.61. The summed E-state index contributed by atoms with van der Waals surface area (Å²) in [5, 5.41) is 18.7. The van der Waals surface area contributed by atoms with Gasteiger partial charge >= 0.3 is 0 Å². The molecule has 0 spiro atoms. The molecule has 3 rings (SSSR count). The summed E-state index contributed by atoms with van der Waals surface area (Å²) in [7, 11) is 0. The Bertz CT molecular complexity index is 537. The summed E-state index contributed by atoms with van der Waals surface area (Å²) in [6.45, 7) is 3.32. The van der Waals surface area contributed by atoms with E-state index >= 15 is 0 Å². The quantitative estimate of drug-likeness (QED) is 0.804. The number of rotatable bonds is 7. The molecule has 0 amide bonds. The molecule has 1 atom stereocenters. The van der Waals surface area contributed by atoms with Gasteiger partial charge in [0.15, 0.2) is 0 Å². The molecule has 1 unspecified atom stereocenters. The van der Waals surface area contributed by atoms with Crippen LogP contribution in [0.25, 0.3) is 10.7 Å². The van der Waals surface area contributed by atoms with E-state index in [-0.39, 0.29) is 6.61 Å². The maximum Gasteiger partial charge on any atom is 0.241 e. The van der Waals surface area contributed by atoms with E-state index in [2.05, 4.69) is 20.4 Å². The van der Waals surface area contributed by atoms with Crippen LogP contribution < -0.4 is 5.32 Å². The molecular formula is C14H20N4O2S. The smallest absolute Gasteiger partial charge is 0.241 e. The fourth-order valence-electron chi connectivity index (χ4n) is 2.62. The van der Waals surface area contributed by atoms with Crippen LogP contribution in [0.15, 0.2) is 22.0 Å². The third-order valence-corrected chi connectivity index (χ3v) is 4.49. The summed E-state index contributed by atoms with van der Waals surface area (Å²) in [5.74, 6) is 1.24. The first-order valence-electron chi connectivity index (χ1n) is 7.28. The lowest BCUT2D eigenvalue weighted by Crippen LogP contribution is -2.38. The normalized spacial score (nSPS) is 18.7. The molecule has 0 saturated carbocycles. The van der Waals surface area contributed by atoms with Crippen LogP contribution in [-0.4, -0.2) is 52.4 Å². The van der Waals surface area contributed by atoms with E-state index in [1.165, 1.54) is 12.8 Å². The van der Waals surface area contributed by atoms with Crippen molar-refractivity contribution >= 4 is 11.3 Å². The van der Waals surface area contributed by atoms with E-state index in [4.69, 9.17) is 4.52 Å². The molecule has 114 valence electrons. The highest BCUT2D eigenvalue weighted by Gasteiger charge is 2.20. The number of thiophene rings is 1. The molecule has 1 fully saturated rings. The van der Waals surface area contributed by atoms with Crippen LogP contribution in [0.4, 0.5) is 0 Å². The summed E-state index contributed by atoms with van der Waals surface area (Å²) < 4.78 is 5.33. The van der Waals surface area contributed by atoms with Crippen LogP contribution in [0.1, 0.15) is 18.7 Å². The molecule has 1 aliphatic heterocycles. The average molecular weight is 308 g/mol. The number of hydrogen-bond acceptors (Lipinski definition) is 7. The second kappa shape index (κ2) is 7.13. The first-order valence-corrected chi connectivity index (χ1v) is 8.16. The van der Waals surface area contributed by atoms with Crippen LogP contribution in [-0.2, 0) is 6.54 Å². The highest BCUT2D eigenvalue weighted by molar-refractivity contribution is 7.13. The van der Waals surface area contributed by atoms with E-state index < -0.39 is 0 Å². The van der Waals surface area contributed by atoms with Gasteiger partial charge in [0.2, 0.25) is 11.7 Å². The predicted octanol–water partition coefficient (Wildman–Crippen LogP) is 1.34. The molecule has 0 aromatic carbocycles. The Morgan fingerprint density at radius 2 is 2.48 bits per heavy atom. The molecule has 0 bridgehead atoms. The van der Waals surface area contributed by atoms with Crippen molar-refractivity contribution < 1.29 is 9.63 Å². The highest BCUT2D eigenvalue weighted by Crippen LogP contribution is 2.21. The molecule has 1 aliphatic rings. The largest absolute Gasteiger partial charge is 0.395 e. The van der Waals surface area contributed by atoms with E-state index in [9.17, 15) is 5.11 Å². The Labute approximate surface area is 127 Å². The fourth-order valence-corrected chi connectivity index (χ4v) is 3.27. The summed E-state index contributed by atoms with van der Waals surface area (Å²) >= 11 is 1.60. The first-order chi connectivity index (χ1) is 10.3. The Morgan fingerprint density at radius 3 is 3.19 bits per heavy atom. The Kier molecular flexibility index (Phi) is 4.97. The highest BCUT2D eigenvalue weighted by atomic mass is 32.1. The summed E-state index contributed by atoms with van der Waals surface area (Å²) in [6, 6.07) is 4.45. The first kappa shape index (κ1) is 14.6. The van der Waals surface area contributed by atoms with Crippen LogP contribution in [0.5, 0.6) is 0 Å². The van der Waals surface area contributed by atoms with Gasteiger partial charge in [-0.3, -0.25) is 4.90 Å². The summed E-state index contributed by atoms with van der Waals surface area (Å²) in [6.07, 6.45) is 2.41. The topological polar surface area (TPSA) is 74.4 Å². The lowest BCUT2D eigenvalue weighted by Gasteiger charge is -2.23. The number of nitrogens with one attached hydrogen (secondary N) is 1. The molecule has 2 aromatic heterocycles. The molecular weight excluding hydrogens is 288 g/mol. The van der Waals surface area contributed by atoms with Crippen molar-refractivity contribution in [2.75, 3.05) is 26.2 Å². The van der Waals surface area contributed by atoms with Crippen molar-refractivity contribution in [3.05, 3.63) is 23.4 Å². The minimum Gasteiger partial charge on any atom is -0.395 e. The van der Waals surface area contributed by atoms with Crippen LogP contribution >= 0.6 is 11.3 Å². The van der Waals surface area contributed by atoms with Gasteiger partial charge in [-0.15, -0.1) is 11.3 Å². The molecule has 2 N–H and O–H groups in total. The molecule has 21 heavy (non-hydrogen) atoms. The zero-order valence-electron chi connectivity index (χ0n) is 11.9. The number of aromatic nitrogens is 2. The number of nitrogens with zero attached hydrogens (tertiary/aromatic N) is 3. The van der Waals surface area contributed by atoms with Gasteiger partial charge in [-0.2, -0.15) is 4.98 Å². The van der Waals surface area contributed by atoms with Gasteiger partial charge in [0.25, 0.3) is 0 Å². The maximum absolute atomic E-state index is 9.22. The molecule has 3 heterocycles. The lowest BCUT2D eigenvalue weighted by molar-refractivity contribution is 0.163. The summed E-state index contributed by atoms with van der Waals surface area (Å²) in [5.41, 5.74) is 0. The second-order valence-electron chi connectivity index (χ2n) is 5.24. The van der Waals surface area contributed by atoms with Crippen molar-refractivity contribution in [1.82, 2.24) is 20.4 Å². The maximum atomic E-state index is 9.22. The molecule has 0 aliphatic carbocycles. The SMILES string of the molecule is OCCN(Cc1nc(-c2cccs2)no1)CC1CCCN1. The molecule has 1 saturated heterocycles. The van der Waals surface area contributed by atoms with Crippen LogP contribution in [0.2, 0.25) is 0 Å². The third-order valence-electron chi connectivity index (χ3n) is 3.63. The van der Waals surface area contributed by atoms with E-state index in [1.807, 2.05) is 17.5 Å². The minimum atomic E-state index is 0.138. The van der Waals surface area contributed by atoms with Gasteiger partial charge in [0.05, 0.1) is 18.0 Å². The zero-order valence-corrected chi connectivity index (χ0v) is 12.7. The minimum absolute atomic E-state index is 0.138. The van der Waals surface area contributed by atoms with Crippen LogP contribution in [0.3, 0.4) is 0 Å². The van der Waals surface area contributed by atoms with Gasteiger partial charge < -0.3 is 14.9 Å². The van der Waals surface area contributed by atoms with Gasteiger partial charge in [-0.1, -0.05) is 11.2 Å². The Hall–Kier alpha value is -1.28. The second-order valence-corrected chi connectivity index (χ2v) is 6.19. The Morgan fingerprint density at radius 1 is 1.52 bits per heavy atom. The van der Waals surface area contributed by atoms with Crippen molar-refractivity contribution in [1.29, 1.82) is 0 Å². The number of aliphatic hydroxyl groups is 1. The standard InChI is InChI=1S/C14H20N4O2S/c19-7-6-18(9-11-3-1-5-15-11)10-13-16-14(17-20-13)12-4-2-8-21-12/h2,4,8,11,15,19H,1,3,5-7,9-10H2. The van der Waals surface area contributed by atoms with Crippen molar-refractivity contribution in [3.63, 3.8) is 0 Å². The number of aliphatic hydroxyl groups excluding tert-OH is 1. The van der Waals surface area contributed by atoms with Gasteiger partial charge in [-0.05, 0) is 30.8 Å². The molecule has 2 aromatic rings. The van der Waals surface area contributed by atoms with Crippen molar-refractivity contribution in [2.24, 2.45) is 0 Å². The lowest BCUT2D eigenvalue weighted by atomic mass is 10.2. The fraction of sp³-hybridized carbons (Fsp3) is 0.571. The van der Waals surface area contributed by atoms with Gasteiger partial charge in [0, 0.05) is 19.1 Å². The number of hydrogen-bond donors (Lipinski definition) is 2. The molecule has 7 heteroatoms. The zero-order chi connectivity index (χ0) is 14.5. The van der Waals surface area contributed by atoms with Gasteiger partial charge in [-0.25, -0.2) is 0 Å². The van der Waals surface area contributed by atoms with E-state index in [0.717, 1.165) is 18.0 Å². The predicted molar refractivity (Wildman–Crippen MR) is 81.0 cm³/mol. The third kappa shape index (κ3) is 3.88. The van der Waals surface area contributed by atoms with E-state index in [1.54, 1.807) is 11.3 Å². The van der Waals surface area contributed by atoms with Crippen LogP contribution in [0, 0.1) is 0 Å². The van der Waals surface area contributed by atoms with Gasteiger partial charge in [0.1, 0.15) is 0 Å².